The maximum absolute atomic E-state index is 4.29. The Morgan fingerprint density at radius 1 is 0.413 bits per heavy atom. The van der Waals surface area contributed by atoms with Crippen LogP contribution in [0.2, 0.25) is 0 Å². The summed E-state index contributed by atoms with van der Waals surface area (Å²) >= 11 is 0. The Kier molecular flexibility index (Phi) is 9.75. The van der Waals surface area contributed by atoms with Gasteiger partial charge in [-0.15, -0.1) is 0 Å². The van der Waals surface area contributed by atoms with Crippen molar-refractivity contribution in [1.82, 2.24) is 44.9 Å². The fraction of sp³-hybridized carbons (Fsp3) is 0. The summed E-state index contributed by atoms with van der Waals surface area (Å²) in [5.74, 6) is 0. The maximum Gasteiger partial charge on any atom is 0.177 e. The minimum Gasteiger partial charge on any atom is -0.361 e. The van der Waals surface area contributed by atoms with Gasteiger partial charge < -0.3 is 19.9 Å². The SMILES string of the molecule is c1c[nH]cn1.c1ccc2[nH]ccc2c1.c1ccc2c(c1)ccc1[nH]cnc12.c1ccc2cnccc2c1.c1cnc2nc[nH]c2c1. The molecule has 0 aliphatic carbocycles. The average Bonchev–Trinajstić information content (AvgIpc) is 3.97. The molecule has 0 saturated carbocycles. The standard InChI is InChI=1S/C11H8N2.C9H7N.C8H7N.C6H5N3.C3H4N2/c1-2-4-9-8(3-1)5-6-10-11(9)13-7-12-10;1-2-4-9-7-10-6-5-8(9)3-1;1-2-4-8-7(3-1)5-6-9-8;1-2-5-6(7-3-1)9-4-8-5;1-2-5-3-4-1/h1-7H,(H,12,13);1-7H;1-6,9H;1-4H,(H,7,8,9);1-3H,(H,4,5). The number of hydrogen-bond donors (Lipinski definition) is 4. The minimum absolute atomic E-state index is 0.775. The predicted octanol–water partition coefficient (Wildman–Crippen LogP) is 8.49. The Morgan fingerprint density at radius 3 is 1.96 bits per heavy atom. The second-order valence-electron chi connectivity index (χ2n) is 9.91. The van der Waals surface area contributed by atoms with E-state index in [0.717, 1.165) is 22.2 Å². The van der Waals surface area contributed by atoms with Gasteiger partial charge in [-0.25, -0.2) is 19.9 Å². The number of aromatic nitrogens is 9. The third kappa shape index (κ3) is 7.66. The molecule has 0 aliphatic heterocycles. The van der Waals surface area contributed by atoms with Gasteiger partial charge in [0.05, 0.1) is 35.5 Å². The second-order valence-corrected chi connectivity index (χ2v) is 9.91. The van der Waals surface area contributed by atoms with Crippen LogP contribution in [0.3, 0.4) is 0 Å². The Labute approximate surface area is 264 Å². The van der Waals surface area contributed by atoms with Crippen molar-refractivity contribution >= 4 is 54.6 Å². The molecule has 0 spiro atoms. The highest BCUT2D eigenvalue weighted by molar-refractivity contribution is 6.03. The van der Waals surface area contributed by atoms with Crippen LogP contribution in [0.1, 0.15) is 0 Å². The molecule has 0 atom stereocenters. The van der Waals surface area contributed by atoms with Gasteiger partial charge in [0.1, 0.15) is 0 Å². The molecule has 9 heteroatoms. The molecule has 4 N–H and O–H groups in total. The lowest BCUT2D eigenvalue weighted by Crippen LogP contribution is -1.74. The number of aromatic amines is 4. The van der Waals surface area contributed by atoms with Crippen LogP contribution in [0.15, 0.2) is 165 Å². The lowest BCUT2D eigenvalue weighted by molar-refractivity contribution is 1.30. The highest BCUT2D eigenvalue weighted by Gasteiger charge is 2.00. The molecule has 0 fully saturated rings. The minimum atomic E-state index is 0.775. The molecule has 0 bridgehead atoms. The molecule has 10 rings (SSSR count). The van der Waals surface area contributed by atoms with Gasteiger partial charge in [0.2, 0.25) is 0 Å². The molecular weight excluding hydrogens is 570 g/mol. The van der Waals surface area contributed by atoms with Crippen LogP contribution in [-0.2, 0) is 0 Å². The molecule has 0 aliphatic rings. The number of fused-ring (bicyclic) bond motifs is 6. The molecule has 6 heterocycles. The summed E-state index contributed by atoms with van der Waals surface area (Å²) in [6.45, 7) is 0. The van der Waals surface area contributed by atoms with Gasteiger partial charge in [0, 0.05) is 48.1 Å². The summed E-state index contributed by atoms with van der Waals surface area (Å²) in [6.07, 6.45) is 15.8. The van der Waals surface area contributed by atoms with Crippen LogP contribution in [0.4, 0.5) is 0 Å². The van der Waals surface area contributed by atoms with Gasteiger partial charge in [0.15, 0.2) is 5.65 Å². The van der Waals surface area contributed by atoms with Gasteiger partial charge in [-0.1, -0.05) is 72.8 Å². The summed E-state index contributed by atoms with van der Waals surface area (Å²) in [7, 11) is 0. The van der Waals surface area contributed by atoms with Crippen molar-refractivity contribution in [2.24, 2.45) is 0 Å². The van der Waals surface area contributed by atoms with E-state index in [9.17, 15) is 0 Å². The van der Waals surface area contributed by atoms with Crippen molar-refractivity contribution in [3.63, 3.8) is 0 Å². The first-order chi connectivity index (χ1) is 22.8. The van der Waals surface area contributed by atoms with Crippen molar-refractivity contribution in [3.8, 4) is 0 Å². The molecule has 10 aromatic rings. The first-order valence-electron chi connectivity index (χ1n) is 14.6. The average molecular weight is 602 g/mol. The van der Waals surface area contributed by atoms with Gasteiger partial charge in [-0.05, 0) is 57.9 Å². The Balaban J connectivity index is 0.000000104. The normalized spacial score (nSPS) is 10.2. The number of nitrogens with one attached hydrogen (secondary N) is 4. The van der Waals surface area contributed by atoms with E-state index in [1.807, 2.05) is 73.2 Å². The molecule has 6 aromatic heterocycles. The largest absolute Gasteiger partial charge is 0.361 e. The fourth-order valence-electron chi connectivity index (χ4n) is 4.69. The molecule has 0 unspecified atom stereocenters. The van der Waals surface area contributed by atoms with E-state index < -0.39 is 0 Å². The van der Waals surface area contributed by atoms with Crippen LogP contribution < -0.4 is 0 Å². The highest BCUT2D eigenvalue weighted by Crippen LogP contribution is 2.21. The van der Waals surface area contributed by atoms with Crippen molar-refractivity contribution in [1.29, 1.82) is 0 Å². The molecule has 0 amide bonds. The van der Waals surface area contributed by atoms with Crippen molar-refractivity contribution in [2.45, 2.75) is 0 Å². The summed E-state index contributed by atoms with van der Waals surface area (Å²) in [5.41, 5.74) is 5.12. The number of benzene rings is 4. The van der Waals surface area contributed by atoms with E-state index in [1.165, 1.54) is 32.4 Å². The van der Waals surface area contributed by atoms with E-state index in [-0.39, 0.29) is 0 Å². The number of H-pyrrole nitrogens is 4. The predicted molar refractivity (Wildman–Crippen MR) is 186 cm³/mol. The van der Waals surface area contributed by atoms with Crippen LogP contribution in [0, 0.1) is 0 Å². The van der Waals surface area contributed by atoms with Crippen LogP contribution in [-0.4, -0.2) is 44.9 Å². The lowest BCUT2D eigenvalue weighted by Gasteiger charge is -1.96. The number of hydrogen-bond acceptors (Lipinski definition) is 5. The topological polar surface area (TPSA) is 128 Å². The second kappa shape index (κ2) is 15.2. The fourth-order valence-corrected chi connectivity index (χ4v) is 4.69. The zero-order chi connectivity index (χ0) is 31.2. The van der Waals surface area contributed by atoms with Gasteiger partial charge in [-0.2, -0.15) is 0 Å². The molecule has 9 nitrogen and oxygen atoms in total. The zero-order valence-electron chi connectivity index (χ0n) is 24.8. The third-order valence-corrected chi connectivity index (χ3v) is 6.93. The summed E-state index contributed by atoms with van der Waals surface area (Å²) in [5, 5.41) is 6.17. The van der Waals surface area contributed by atoms with Crippen LogP contribution in [0.5, 0.6) is 0 Å². The maximum atomic E-state index is 4.29. The molecule has 46 heavy (non-hydrogen) atoms. The summed E-state index contributed by atoms with van der Waals surface area (Å²) in [6, 6.07) is 36.7. The Bertz CT molecular complexity index is 2140. The number of nitrogens with zero attached hydrogens (tertiary/aromatic N) is 5. The molecular formula is C37H31N9. The monoisotopic (exact) mass is 601 g/mol. The van der Waals surface area contributed by atoms with E-state index in [1.54, 1.807) is 37.6 Å². The first-order valence-corrected chi connectivity index (χ1v) is 14.6. The van der Waals surface area contributed by atoms with Gasteiger partial charge in [-0.3, -0.25) is 4.98 Å². The highest BCUT2D eigenvalue weighted by atomic mass is 14.9. The third-order valence-electron chi connectivity index (χ3n) is 6.93. The van der Waals surface area contributed by atoms with Crippen molar-refractivity contribution in [2.75, 3.05) is 0 Å². The van der Waals surface area contributed by atoms with Crippen LogP contribution in [0.25, 0.3) is 54.6 Å². The van der Waals surface area contributed by atoms with E-state index in [2.05, 4.69) is 99.5 Å². The Morgan fingerprint density at radius 2 is 1.17 bits per heavy atom. The summed E-state index contributed by atoms with van der Waals surface area (Å²) < 4.78 is 0. The van der Waals surface area contributed by atoms with Gasteiger partial charge in [0.25, 0.3) is 0 Å². The first kappa shape index (κ1) is 29.5. The lowest BCUT2D eigenvalue weighted by atomic mass is 10.1. The van der Waals surface area contributed by atoms with E-state index in [0.29, 0.717) is 0 Å². The number of para-hydroxylation sites is 1. The van der Waals surface area contributed by atoms with Crippen LogP contribution >= 0.6 is 0 Å². The number of pyridine rings is 2. The number of imidazole rings is 3. The smallest absolute Gasteiger partial charge is 0.177 e. The molecule has 4 aromatic carbocycles. The Hall–Kier alpha value is -6.61. The molecule has 224 valence electrons. The summed E-state index contributed by atoms with van der Waals surface area (Å²) in [4.78, 5) is 31.8. The number of rotatable bonds is 0. The quantitative estimate of drug-likeness (QED) is 0.139. The zero-order valence-corrected chi connectivity index (χ0v) is 24.8. The molecule has 0 radical (unpaired) electrons. The van der Waals surface area contributed by atoms with Gasteiger partial charge >= 0.3 is 0 Å². The van der Waals surface area contributed by atoms with E-state index >= 15 is 0 Å². The molecule has 0 saturated heterocycles. The van der Waals surface area contributed by atoms with Crippen molar-refractivity contribution < 1.29 is 0 Å². The van der Waals surface area contributed by atoms with Crippen molar-refractivity contribution in [3.05, 3.63) is 165 Å². The van der Waals surface area contributed by atoms with E-state index in [4.69, 9.17) is 0 Å².